The van der Waals surface area contributed by atoms with Gasteiger partial charge in [0, 0.05) is 49.2 Å². The Morgan fingerprint density at radius 1 is 0.967 bits per heavy atom. The second-order valence-corrected chi connectivity index (χ2v) is 8.37. The number of piperazine rings is 1. The van der Waals surface area contributed by atoms with Crippen molar-refractivity contribution in [1.82, 2.24) is 9.80 Å². The van der Waals surface area contributed by atoms with Crippen LogP contribution in [-0.2, 0) is 6.54 Å². The Labute approximate surface area is 199 Å². The fourth-order valence-corrected chi connectivity index (χ4v) is 3.93. The predicted molar refractivity (Wildman–Crippen MR) is 130 cm³/mol. The summed E-state index contributed by atoms with van der Waals surface area (Å²) in [4.78, 5) is 16.8. The SMILES string of the molecule is Cl.Cl.O=C(Nc1ccc(F)cc1)SCCCN1CCN(Cc2ccc(Cl)cc2)CC1. The zero-order valence-corrected chi connectivity index (χ0v) is 19.8. The molecule has 1 aliphatic rings. The highest BCUT2D eigenvalue weighted by atomic mass is 35.5. The molecule has 2 aromatic rings. The van der Waals surface area contributed by atoms with E-state index >= 15 is 0 Å². The highest BCUT2D eigenvalue weighted by molar-refractivity contribution is 8.13. The molecule has 1 fully saturated rings. The van der Waals surface area contributed by atoms with E-state index in [0.29, 0.717) is 5.69 Å². The molecule has 1 aliphatic heterocycles. The van der Waals surface area contributed by atoms with Gasteiger partial charge in [0.25, 0.3) is 5.24 Å². The highest BCUT2D eigenvalue weighted by Crippen LogP contribution is 2.15. The van der Waals surface area contributed by atoms with E-state index in [9.17, 15) is 9.18 Å². The van der Waals surface area contributed by atoms with Crippen LogP contribution < -0.4 is 5.32 Å². The lowest BCUT2D eigenvalue weighted by atomic mass is 10.2. The molecule has 0 atom stereocenters. The van der Waals surface area contributed by atoms with E-state index in [-0.39, 0.29) is 35.9 Å². The van der Waals surface area contributed by atoms with Crippen LogP contribution in [0.25, 0.3) is 0 Å². The molecule has 2 aromatic carbocycles. The second-order valence-electron chi connectivity index (χ2n) is 6.87. The topological polar surface area (TPSA) is 35.6 Å². The van der Waals surface area contributed by atoms with Crippen LogP contribution in [0.15, 0.2) is 48.5 Å². The van der Waals surface area contributed by atoms with E-state index in [0.717, 1.165) is 56.5 Å². The van der Waals surface area contributed by atoms with E-state index in [1.807, 2.05) is 12.1 Å². The summed E-state index contributed by atoms with van der Waals surface area (Å²) in [6.45, 7) is 6.19. The maximum atomic E-state index is 12.9. The zero-order valence-electron chi connectivity index (χ0n) is 16.6. The number of hydrogen-bond acceptors (Lipinski definition) is 4. The van der Waals surface area contributed by atoms with E-state index in [1.165, 1.54) is 29.5 Å². The fourth-order valence-electron chi connectivity index (χ4n) is 3.16. The molecule has 1 N–H and O–H groups in total. The molecule has 30 heavy (non-hydrogen) atoms. The molecular formula is C21H27Cl3FN3OS. The minimum Gasteiger partial charge on any atom is -0.317 e. The Hall–Kier alpha value is -1.02. The maximum Gasteiger partial charge on any atom is 0.283 e. The number of halogens is 4. The number of hydrogen-bond donors (Lipinski definition) is 1. The van der Waals surface area contributed by atoms with Crippen molar-refractivity contribution in [2.45, 2.75) is 13.0 Å². The van der Waals surface area contributed by atoms with Crippen molar-refractivity contribution in [3.63, 3.8) is 0 Å². The van der Waals surface area contributed by atoms with Gasteiger partial charge in [-0.3, -0.25) is 9.69 Å². The summed E-state index contributed by atoms with van der Waals surface area (Å²) in [6.07, 6.45) is 0.971. The Morgan fingerprint density at radius 2 is 1.57 bits per heavy atom. The van der Waals surface area contributed by atoms with Gasteiger partial charge in [0.05, 0.1) is 0 Å². The fraction of sp³-hybridized carbons (Fsp3) is 0.381. The molecule has 1 saturated heterocycles. The summed E-state index contributed by atoms with van der Waals surface area (Å²) < 4.78 is 12.9. The van der Waals surface area contributed by atoms with Crippen molar-refractivity contribution in [2.75, 3.05) is 43.8 Å². The summed E-state index contributed by atoms with van der Waals surface area (Å²) in [5.74, 6) is 0.469. The van der Waals surface area contributed by atoms with Crippen molar-refractivity contribution >= 4 is 59.1 Å². The van der Waals surface area contributed by atoms with Crippen molar-refractivity contribution < 1.29 is 9.18 Å². The second kappa shape index (κ2) is 14.1. The molecule has 166 valence electrons. The molecule has 0 unspecified atom stereocenters. The number of carbonyl (C=O) groups excluding carboxylic acids is 1. The number of thioether (sulfide) groups is 1. The van der Waals surface area contributed by atoms with Gasteiger partial charge >= 0.3 is 0 Å². The molecular weight excluding hydrogens is 468 g/mol. The Morgan fingerprint density at radius 3 is 2.20 bits per heavy atom. The summed E-state index contributed by atoms with van der Waals surface area (Å²) >= 11 is 7.21. The third-order valence-electron chi connectivity index (χ3n) is 4.73. The van der Waals surface area contributed by atoms with Gasteiger partial charge in [-0.1, -0.05) is 35.5 Å². The van der Waals surface area contributed by atoms with E-state index in [2.05, 4.69) is 27.2 Å². The molecule has 0 spiro atoms. The summed E-state index contributed by atoms with van der Waals surface area (Å²) in [5, 5.41) is 3.45. The number of anilines is 1. The van der Waals surface area contributed by atoms with Crippen molar-refractivity contribution in [3.05, 3.63) is 64.9 Å². The van der Waals surface area contributed by atoms with Gasteiger partial charge in [0.1, 0.15) is 5.82 Å². The Bertz CT molecular complexity index is 757. The van der Waals surface area contributed by atoms with Crippen LogP contribution >= 0.6 is 48.2 Å². The first-order valence-electron chi connectivity index (χ1n) is 9.47. The molecule has 0 aliphatic carbocycles. The van der Waals surface area contributed by atoms with Gasteiger partial charge in [0.2, 0.25) is 0 Å². The average Bonchev–Trinajstić information content (AvgIpc) is 2.70. The molecule has 1 heterocycles. The third-order valence-corrected chi connectivity index (χ3v) is 5.84. The normalized spacial score (nSPS) is 14.5. The number of carbonyl (C=O) groups is 1. The summed E-state index contributed by atoms with van der Waals surface area (Å²) in [7, 11) is 0. The van der Waals surface area contributed by atoms with Crippen molar-refractivity contribution in [2.24, 2.45) is 0 Å². The van der Waals surface area contributed by atoms with Crippen LogP contribution in [0.4, 0.5) is 14.9 Å². The van der Waals surface area contributed by atoms with E-state index < -0.39 is 0 Å². The number of nitrogens with one attached hydrogen (secondary N) is 1. The monoisotopic (exact) mass is 493 g/mol. The number of benzene rings is 2. The molecule has 9 heteroatoms. The van der Waals surface area contributed by atoms with Crippen LogP contribution in [-0.4, -0.2) is 53.5 Å². The number of amides is 1. The largest absolute Gasteiger partial charge is 0.317 e. The first kappa shape index (κ1) is 27.0. The minimum absolute atomic E-state index is 0. The Kier molecular flexibility index (Phi) is 12.7. The van der Waals surface area contributed by atoms with Crippen molar-refractivity contribution in [3.8, 4) is 0 Å². The molecule has 4 nitrogen and oxygen atoms in total. The van der Waals surface area contributed by atoms with Gasteiger partial charge < -0.3 is 10.2 Å². The zero-order chi connectivity index (χ0) is 19.8. The molecule has 1 amide bonds. The first-order chi connectivity index (χ1) is 13.6. The van der Waals surface area contributed by atoms with Crippen LogP contribution in [0, 0.1) is 5.82 Å². The van der Waals surface area contributed by atoms with E-state index in [4.69, 9.17) is 11.6 Å². The predicted octanol–water partition coefficient (Wildman–Crippen LogP) is 5.80. The van der Waals surface area contributed by atoms with Crippen molar-refractivity contribution in [1.29, 1.82) is 0 Å². The van der Waals surface area contributed by atoms with Crippen LogP contribution in [0.2, 0.25) is 5.02 Å². The smallest absolute Gasteiger partial charge is 0.283 e. The van der Waals surface area contributed by atoms with Crippen LogP contribution in [0.3, 0.4) is 0 Å². The minimum atomic E-state index is -0.307. The molecule has 0 radical (unpaired) electrons. The lowest BCUT2D eigenvalue weighted by Crippen LogP contribution is -2.46. The van der Waals surface area contributed by atoms with Gasteiger partial charge in [0.15, 0.2) is 0 Å². The first-order valence-corrected chi connectivity index (χ1v) is 10.8. The van der Waals surface area contributed by atoms with Crippen LogP contribution in [0.1, 0.15) is 12.0 Å². The standard InChI is InChI=1S/C21H25ClFN3OS.2ClH/c22-18-4-2-17(3-5-18)16-26-13-11-25(12-14-26)10-1-15-28-21(27)24-20-8-6-19(23)7-9-20;;/h2-9H,1,10-16H2,(H,24,27);2*1H. The lowest BCUT2D eigenvalue weighted by Gasteiger charge is -2.34. The molecule has 0 aromatic heterocycles. The molecule has 0 saturated carbocycles. The average molecular weight is 495 g/mol. The van der Waals surface area contributed by atoms with Gasteiger partial charge in [-0.05, 0) is 54.9 Å². The summed E-state index contributed by atoms with van der Waals surface area (Å²) in [5.41, 5.74) is 1.91. The molecule has 0 bridgehead atoms. The number of nitrogens with zero attached hydrogens (tertiary/aromatic N) is 2. The summed E-state index contributed by atoms with van der Waals surface area (Å²) in [6, 6.07) is 13.9. The Balaban J connectivity index is 0.00000225. The quantitative estimate of drug-likeness (QED) is 0.494. The van der Waals surface area contributed by atoms with Crippen LogP contribution in [0.5, 0.6) is 0 Å². The third kappa shape index (κ3) is 9.41. The van der Waals surface area contributed by atoms with E-state index in [1.54, 1.807) is 12.1 Å². The van der Waals surface area contributed by atoms with Gasteiger partial charge in [-0.2, -0.15) is 0 Å². The molecule has 3 rings (SSSR count). The highest BCUT2D eigenvalue weighted by Gasteiger charge is 2.16. The number of rotatable bonds is 7. The van der Waals surface area contributed by atoms with Gasteiger partial charge in [-0.15, -0.1) is 24.8 Å². The lowest BCUT2D eigenvalue weighted by molar-refractivity contribution is 0.127. The maximum absolute atomic E-state index is 12.9. The van der Waals surface area contributed by atoms with Gasteiger partial charge in [-0.25, -0.2) is 4.39 Å².